The van der Waals surface area contributed by atoms with E-state index in [1.54, 1.807) is 14.2 Å². The molecule has 0 radical (unpaired) electrons. The quantitative estimate of drug-likeness (QED) is 0.442. The SMILES string of the molecule is CN=C(NCC(=O)NCc1ccc(OC)cc1)NC(C)CCCC(C)C. The summed E-state index contributed by atoms with van der Waals surface area (Å²) in [5.41, 5.74) is 1.03. The fourth-order valence-electron chi connectivity index (χ4n) is 2.50. The number of methoxy groups -OCH3 is 1. The van der Waals surface area contributed by atoms with Crippen LogP contribution in [0.15, 0.2) is 29.3 Å². The average molecular weight is 363 g/mol. The number of hydrogen-bond donors (Lipinski definition) is 3. The Bertz CT molecular complexity index is 555. The van der Waals surface area contributed by atoms with Crippen LogP contribution in [0, 0.1) is 5.92 Å². The summed E-state index contributed by atoms with van der Waals surface area (Å²) in [6.07, 6.45) is 3.50. The van der Waals surface area contributed by atoms with Crippen LogP contribution < -0.4 is 20.7 Å². The molecule has 0 bridgehead atoms. The van der Waals surface area contributed by atoms with Crippen LogP contribution in [0.5, 0.6) is 5.75 Å². The number of guanidine groups is 1. The van der Waals surface area contributed by atoms with Gasteiger partial charge in [0.05, 0.1) is 13.7 Å². The van der Waals surface area contributed by atoms with Crippen LogP contribution >= 0.6 is 0 Å². The minimum Gasteiger partial charge on any atom is -0.497 e. The van der Waals surface area contributed by atoms with Gasteiger partial charge >= 0.3 is 0 Å². The summed E-state index contributed by atoms with van der Waals surface area (Å²) < 4.78 is 5.12. The topological polar surface area (TPSA) is 74.8 Å². The van der Waals surface area contributed by atoms with Crippen molar-refractivity contribution in [1.29, 1.82) is 0 Å². The van der Waals surface area contributed by atoms with Crippen LogP contribution in [0.2, 0.25) is 0 Å². The second-order valence-electron chi connectivity index (χ2n) is 6.92. The standard InChI is InChI=1S/C20H34N4O2/c1-15(2)7-6-8-16(3)24-20(21-4)23-14-19(25)22-13-17-9-11-18(26-5)12-10-17/h9-12,15-16H,6-8,13-14H2,1-5H3,(H,22,25)(H2,21,23,24). The predicted molar refractivity (Wildman–Crippen MR) is 107 cm³/mol. The molecule has 3 N–H and O–H groups in total. The number of carbonyl (C=O) groups is 1. The Hall–Kier alpha value is -2.24. The lowest BCUT2D eigenvalue weighted by atomic mass is 10.0. The fourth-order valence-corrected chi connectivity index (χ4v) is 2.50. The lowest BCUT2D eigenvalue weighted by Gasteiger charge is -2.18. The maximum absolute atomic E-state index is 12.0. The van der Waals surface area contributed by atoms with Crippen LogP contribution in [-0.4, -0.2) is 38.6 Å². The number of aliphatic imine (C=N–C) groups is 1. The maximum atomic E-state index is 12.0. The lowest BCUT2D eigenvalue weighted by molar-refractivity contribution is -0.120. The van der Waals surface area contributed by atoms with Crippen molar-refractivity contribution >= 4 is 11.9 Å². The minimum atomic E-state index is -0.0729. The molecule has 0 aliphatic carbocycles. The molecule has 26 heavy (non-hydrogen) atoms. The van der Waals surface area contributed by atoms with Gasteiger partial charge in [0.1, 0.15) is 5.75 Å². The van der Waals surface area contributed by atoms with Gasteiger partial charge < -0.3 is 20.7 Å². The molecule has 0 heterocycles. The lowest BCUT2D eigenvalue weighted by Crippen LogP contribution is -2.46. The van der Waals surface area contributed by atoms with Crippen molar-refractivity contribution < 1.29 is 9.53 Å². The molecule has 1 amide bonds. The molecule has 1 aromatic carbocycles. The number of carbonyl (C=O) groups excluding carboxylic acids is 1. The normalized spacial score (nSPS) is 12.6. The first-order chi connectivity index (χ1) is 12.4. The molecule has 0 aliphatic rings. The molecule has 0 aromatic heterocycles. The molecule has 146 valence electrons. The van der Waals surface area contributed by atoms with Crippen LogP contribution in [0.4, 0.5) is 0 Å². The summed E-state index contributed by atoms with van der Waals surface area (Å²) >= 11 is 0. The van der Waals surface area contributed by atoms with E-state index in [-0.39, 0.29) is 12.5 Å². The number of ether oxygens (including phenoxy) is 1. The Morgan fingerprint density at radius 3 is 2.38 bits per heavy atom. The molecule has 0 saturated heterocycles. The molecular weight excluding hydrogens is 328 g/mol. The minimum absolute atomic E-state index is 0.0729. The van der Waals surface area contributed by atoms with Crippen molar-refractivity contribution in [3.63, 3.8) is 0 Å². The van der Waals surface area contributed by atoms with Crippen LogP contribution in [0.25, 0.3) is 0 Å². The van der Waals surface area contributed by atoms with Gasteiger partial charge in [-0.05, 0) is 37.0 Å². The van der Waals surface area contributed by atoms with Gasteiger partial charge in [0.15, 0.2) is 5.96 Å². The number of hydrogen-bond acceptors (Lipinski definition) is 3. The highest BCUT2D eigenvalue weighted by atomic mass is 16.5. The zero-order valence-electron chi connectivity index (χ0n) is 16.8. The van der Waals surface area contributed by atoms with Gasteiger partial charge in [-0.3, -0.25) is 9.79 Å². The molecule has 1 unspecified atom stereocenters. The molecular formula is C20H34N4O2. The first-order valence-electron chi connectivity index (χ1n) is 9.31. The van der Waals surface area contributed by atoms with E-state index in [1.807, 2.05) is 24.3 Å². The number of nitrogens with one attached hydrogen (secondary N) is 3. The highest BCUT2D eigenvalue weighted by molar-refractivity contribution is 5.86. The van der Waals surface area contributed by atoms with Gasteiger partial charge in [-0.25, -0.2) is 0 Å². The number of amides is 1. The van der Waals surface area contributed by atoms with E-state index in [0.29, 0.717) is 18.5 Å². The van der Waals surface area contributed by atoms with Crippen molar-refractivity contribution in [2.24, 2.45) is 10.9 Å². The average Bonchev–Trinajstić information content (AvgIpc) is 2.63. The van der Waals surface area contributed by atoms with E-state index in [0.717, 1.165) is 23.7 Å². The largest absolute Gasteiger partial charge is 0.497 e. The summed E-state index contributed by atoms with van der Waals surface area (Å²) in [5, 5.41) is 9.28. The summed E-state index contributed by atoms with van der Waals surface area (Å²) in [6, 6.07) is 7.96. The zero-order chi connectivity index (χ0) is 19.4. The van der Waals surface area contributed by atoms with E-state index in [1.165, 1.54) is 12.8 Å². The molecule has 6 heteroatoms. The highest BCUT2D eigenvalue weighted by Crippen LogP contribution is 2.11. The third-order valence-corrected chi connectivity index (χ3v) is 4.09. The Labute approximate surface area is 157 Å². The van der Waals surface area contributed by atoms with Crippen LogP contribution in [0.3, 0.4) is 0 Å². The van der Waals surface area contributed by atoms with Gasteiger partial charge in [0.25, 0.3) is 0 Å². The van der Waals surface area contributed by atoms with Crippen molar-refractivity contribution in [2.75, 3.05) is 20.7 Å². The van der Waals surface area contributed by atoms with Gasteiger partial charge in [0, 0.05) is 19.6 Å². The molecule has 0 spiro atoms. The van der Waals surface area contributed by atoms with Gasteiger partial charge in [-0.2, -0.15) is 0 Å². The van der Waals surface area contributed by atoms with E-state index in [9.17, 15) is 4.79 Å². The third kappa shape index (κ3) is 9.30. The first kappa shape index (κ1) is 21.8. The predicted octanol–water partition coefficient (Wildman–Crippen LogP) is 2.69. The summed E-state index contributed by atoms with van der Waals surface area (Å²) in [7, 11) is 3.35. The van der Waals surface area contributed by atoms with Crippen molar-refractivity contribution in [3.8, 4) is 5.75 Å². The Morgan fingerprint density at radius 2 is 1.81 bits per heavy atom. The summed E-state index contributed by atoms with van der Waals surface area (Å²) in [4.78, 5) is 16.2. The fraction of sp³-hybridized carbons (Fsp3) is 0.600. The molecule has 0 aliphatic heterocycles. The molecule has 0 fully saturated rings. The summed E-state index contributed by atoms with van der Waals surface area (Å²) in [5.74, 6) is 2.12. The van der Waals surface area contributed by atoms with Crippen molar-refractivity contribution in [1.82, 2.24) is 16.0 Å². The second kappa shape index (κ2) is 12.2. The van der Waals surface area contributed by atoms with Crippen LogP contribution in [0.1, 0.15) is 45.6 Å². The molecule has 1 rings (SSSR count). The Morgan fingerprint density at radius 1 is 1.12 bits per heavy atom. The van der Waals surface area contributed by atoms with Gasteiger partial charge in [0.2, 0.25) is 5.91 Å². The maximum Gasteiger partial charge on any atom is 0.239 e. The molecule has 6 nitrogen and oxygen atoms in total. The highest BCUT2D eigenvalue weighted by Gasteiger charge is 2.08. The molecule has 0 saturated carbocycles. The van der Waals surface area contributed by atoms with E-state index in [2.05, 4.69) is 41.7 Å². The molecule has 1 atom stereocenters. The smallest absolute Gasteiger partial charge is 0.239 e. The third-order valence-electron chi connectivity index (χ3n) is 4.09. The van der Waals surface area contributed by atoms with E-state index >= 15 is 0 Å². The summed E-state index contributed by atoms with van der Waals surface area (Å²) in [6.45, 7) is 7.29. The number of nitrogens with zero attached hydrogens (tertiary/aromatic N) is 1. The first-order valence-corrected chi connectivity index (χ1v) is 9.31. The Balaban J connectivity index is 2.28. The Kier molecular flexibility index (Phi) is 10.2. The monoisotopic (exact) mass is 362 g/mol. The van der Waals surface area contributed by atoms with Gasteiger partial charge in [-0.15, -0.1) is 0 Å². The zero-order valence-corrected chi connectivity index (χ0v) is 16.8. The second-order valence-corrected chi connectivity index (χ2v) is 6.92. The number of benzene rings is 1. The van der Waals surface area contributed by atoms with Crippen molar-refractivity contribution in [2.45, 2.75) is 52.6 Å². The van der Waals surface area contributed by atoms with E-state index in [4.69, 9.17) is 4.74 Å². The van der Waals surface area contributed by atoms with E-state index < -0.39 is 0 Å². The number of rotatable bonds is 10. The van der Waals surface area contributed by atoms with Crippen LogP contribution in [-0.2, 0) is 11.3 Å². The molecule has 1 aromatic rings. The van der Waals surface area contributed by atoms with Gasteiger partial charge in [-0.1, -0.05) is 38.8 Å². The van der Waals surface area contributed by atoms with Crippen molar-refractivity contribution in [3.05, 3.63) is 29.8 Å².